The molecule has 2 aliphatic rings. The van der Waals surface area contributed by atoms with Gasteiger partial charge in [-0.25, -0.2) is 4.79 Å². The largest absolute Gasteiger partial charge is 0.481 e. The number of halogens is 1. The quantitative estimate of drug-likeness (QED) is 0.318. The van der Waals surface area contributed by atoms with E-state index in [0.29, 0.717) is 18.0 Å². The number of thiophene rings is 1. The maximum absolute atomic E-state index is 13.0. The van der Waals surface area contributed by atoms with Crippen LogP contribution >= 0.6 is 22.9 Å². The number of benzene rings is 1. The molecule has 40 heavy (non-hydrogen) atoms. The Labute approximate surface area is 238 Å². The van der Waals surface area contributed by atoms with E-state index in [1.807, 2.05) is 38.1 Å². The Morgan fingerprint density at radius 1 is 1.20 bits per heavy atom. The van der Waals surface area contributed by atoms with Gasteiger partial charge in [-0.05, 0) is 38.1 Å². The maximum Gasteiger partial charge on any atom is 0.331 e. The first kappa shape index (κ1) is 25.3. The summed E-state index contributed by atoms with van der Waals surface area (Å²) in [5, 5.41) is 8.30. The molecule has 1 N–H and O–H groups in total. The van der Waals surface area contributed by atoms with Crippen molar-refractivity contribution in [2.75, 3.05) is 6.54 Å². The predicted octanol–water partition coefficient (Wildman–Crippen LogP) is 4.88. The smallest absolute Gasteiger partial charge is 0.331 e. The van der Waals surface area contributed by atoms with Gasteiger partial charge in [0.25, 0.3) is 5.56 Å². The molecule has 7 rings (SSSR count). The summed E-state index contributed by atoms with van der Waals surface area (Å²) in [5.41, 5.74) is 5.01. The van der Waals surface area contributed by atoms with Crippen LogP contribution in [0.2, 0.25) is 5.02 Å². The van der Waals surface area contributed by atoms with Gasteiger partial charge in [-0.2, -0.15) is 0 Å². The first-order valence-electron chi connectivity index (χ1n) is 13.2. The normalized spacial score (nSPS) is 16.4. The van der Waals surface area contributed by atoms with Gasteiger partial charge < -0.3 is 14.6 Å². The predicted molar refractivity (Wildman–Crippen MR) is 154 cm³/mol. The molecule has 0 saturated carbocycles. The molecule has 0 bridgehead atoms. The molecule has 0 amide bonds. The minimum absolute atomic E-state index is 0.0532. The van der Waals surface area contributed by atoms with Crippen LogP contribution in [0.5, 0.6) is 5.75 Å². The Hall–Kier alpha value is -3.73. The summed E-state index contributed by atoms with van der Waals surface area (Å²) >= 11 is 8.12. The van der Waals surface area contributed by atoms with Crippen LogP contribution in [0.15, 0.2) is 56.8 Å². The van der Waals surface area contributed by atoms with Crippen LogP contribution in [0.25, 0.3) is 21.3 Å². The zero-order valence-corrected chi connectivity index (χ0v) is 23.5. The second kappa shape index (κ2) is 9.72. The minimum atomic E-state index is -0.329. The molecule has 204 valence electrons. The fourth-order valence-electron chi connectivity index (χ4n) is 5.59. The number of fused-ring (bicyclic) bond motifs is 3. The van der Waals surface area contributed by atoms with Crippen molar-refractivity contribution in [2.45, 2.75) is 51.9 Å². The lowest BCUT2D eigenvalue weighted by Gasteiger charge is -2.15. The molecular formula is C29H26ClN5O4S. The Balaban J connectivity index is 1.28. The molecule has 5 aromatic rings. The number of nitrogens with one attached hydrogen (secondary N) is 1. The van der Waals surface area contributed by atoms with Crippen molar-refractivity contribution < 1.29 is 9.26 Å². The van der Waals surface area contributed by atoms with Crippen LogP contribution in [-0.2, 0) is 25.9 Å². The lowest BCUT2D eigenvalue weighted by Crippen LogP contribution is -2.39. The van der Waals surface area contributed by atoms with E-state index in [1.54, 1.807) is 17.0 Å². The molecule has 1 unspecified atom stereocenters. The van der Waals surface area contributed by atoms with Crippen molar-refractivity contribution in [3.8, 4) is 16.9 Å². The van der Waals surface area contributed by atoms with Gasteiger partial charge in [0.1, 0.15) is 5.75 Å². The third-order valence-corrected chi connectivity index (χ3v) is 8.91. The molecule has 1 atom stereocenters. The van der Waals surface area contributed by atoms with Gasteiger partial charge in [0.2, 0.25) is 0 Å². The van der Waals surface area contributed by atoms with E-state index < -0.39 is 0 Å². The highest BCUT2D eigenvalue weighted by Crippen LogP contribution is 2.48. The van der Waals surface area contributed by atoms with Crippen molar-refractivity contribution in [2.24, 2.45) is 0 Å². The molecular weight excluding hydrogens is 550 g/mol. The van der Waals surface area contributed by atoms with Gasteiger partial charge in [0, 0.05) is 82.6 Å². The Bertz CT molecular complexity index is 1900. The van der Waals surface area contributed by atoms with E-state index in [-0.39, 0.29) is 29.9 Å². The lowest BCUT2D eigenvalue weighted by molar-refractivity contribution is 0.189. The van der Waals surface area contributed by atoms with Gasteiger partial charge in [-0.15, -0.1) is 11.3 Å². The average Bonchev–Trinajstić information content (AvgIpc) is 3.66. The second-order valence-electron chi connectivity index (χ2n) is 10.5. The van der Waals surface area contributed by atoms with E-state index in [9.17, 15) is 9.59 Å². The van der Waals surface area contributed by atoms with Crippen LogP contribution < -0.4 is 21.3 Å². The zero-order valence-electron chi connectivity index (χ0n) is 21.9. The van der Waals surface area contributed by atoms with Gasteiger partial charge in [0.15, 0.2) is 11.9 Å². The van der Waals surface area contributed by atoms with Crippen molar-refractivity contribution in [3.05, 3.63) is 96.0 Å². The summed E-state index contributed by atoms with van der Waals surface area (Å²) in [5.74, 6) is 1.53. The number of rotatable bonds is 5. The Morgan fingerprint density at radius 2 is 2.08 bits per heavy atom. The number of hydrogen-bond acceptors (Lipinski definition) is 8. The van der Waals surface area contributed by atoms with Crippen LogP contribution in [0.3, 0.4) is 0 Å². The van der Waals surface area contributed by atoms with Crippen LogP contribution in [0.4, 0.5) is 0 Å². The highest BCUT2D eigenvalue weighted by atomic mass is 35.5. The van der Waals surface area contributed by atoms with Gasteiger partial charge >= 0.3 is 5.69 Å². The first-order chi connectivity index (χ1) is 19.4. The molecule has 4 aromatic heterocycles. The summed E-state index contributed by atoms with van der Waals surface area (Å²) in [4.78, 5) is 31.0. The number of pyridine rings is 1. The van der Waals surface area contributed by atoms with E-state index in [1.165, 1.54) is 22.0 Å². The molecule has 0 spiro atoms. The van der Waals surface area contributed by atoms with Crippen LogP contribution in [-0.4, -0.2) is 25.8 Å². The number of ether oxygens (including phenoxy) is 1. The summed E-state index contributed by atoms with van der Waals surface area (Å²) in [6.45, 7) is 5.60. The van der Waals surface area contributed by atoms with Crippen molar-refractivity contribution >= 4 is 33.2 Å². The standard InChI is InChI=1S/C29H26ClN5O4S/c1-15(2)34-8-5-25(36)35(29(34)37)14-18-12-23-28(40-18)19(3-7-32-23)20-11-17(30)9-16-10-24(38-26(16)20)27-21-13-31-6-4-22(21)33-39-27/h3,5,7-9,11-12,15,24,31H,4,6,10,13-14H2,1-2H3. The summed E-state index contributed by atoms with van der Waals surface area (Å²) in [6.07, 6.45) is 4.49. The fraction of sp³-hybridized carbons (Fsp3) is 0.310. The van der Waals surface area contributed by atoms with Crippen LogP contribution in [0.1, 0.15) is 53.5 Å². The maximum atomic E-state index is 13.0. The Kier molecular flexibility index (Phi) is 6.14. The number of nitrogens with zero attached hydrogens (tertiary/aromatic N) is 4. The summed E-state index contributed by atoms with van der Waals surface area (Å²) in [6, 6.07) is 9.13. The molecule has 9 nitrogen and oxygen atoms in total. The SMILES string of the molecule is CC(C)n1ccc(=O)n(Cc2cc3nccc(-c4cc(Cl)cc5c4OC(c4onc6c4CNCC6)C5)c3s2)c1=O. The lowest BCUT2D eigenvalue weighted by atomic mass is 9.99. The Morgan fingerprint density at radius 3 is 2.92 bits per heavy atom. The average molecular weight is 576 g/mol. The van der Waals surface area contributed by atoms with Gasteiger partial charge in [-0.3, -0.25) is 18.9 Å². The van der Waals surface area contributed by atoms with Crippen molar-refractivity contribution in [1.82, 2.24) is 24.6 Å². The summed E-state index contributed by atoms with van der Waals surface area (Å²) < 4.78 is 16.1. The molecule has 11 heteroatoms. The molecule has 0 fully saturated rings. The first-order valence-corrected chi connectivity index (χ1v) is 14.4. The van der Waals surface area contributed by atoms with Crippen molar-refractivity contribution in [3.63, 3.8) is 0 Å². The molecule has 6 heterocycles. The molecule has 0 radical (unpaired) electrons. The van der Waals surface area contributed by atoms with E-state index >= 15 is 0 Å². The number of aromatic nitrogens is 4. The third-order valence-electron chi connectivity index (χ3n) is 7.55. The highest BCUT2D eigenvalue weighted by Gasteiger charge is 2.34. The van der Waals surface area contributed by atoms with E-state index in [4.69, 9.17) is 20.9 Å². The molecule has 1 aromatic carbocycles. The van der Waals surface area contributed by atoms with Crippen molar-refractivity contribution in [1.29, 1.82) is 0 Å². The topological polar surface area (TPSA) is 104 Å². The van der Waals surface area contributed by atoms with Crippen LogP contribution in [0, 0.1) is 0 Å². The summed E-state index contributed by atoms with van der Waals surface area (Å²) in [7, 11) is 0. The van der Waals surface area contributed by atoms with E-state index in [0.717, 1.165) is 67.5 Å². The van der Waals surface area contributed by atoms with Gasteiger partial charge in [-0.1, -0.05) is 16.8 Å². The third kappa shape index (κ3) is 4.18. The highest BCUT2D eigenvalue weighted by molar-refractivity contribution is 7.19. The molecule has 0 aliphatic carbocycles. The van der Waals surface area contributed by atoms with E-state index in [2.05, 4.69) is 15.5 Å². The number of hydrogen-bond donors (Lipinski definition) is 1. The monoisotopic (exact) mass is 575 g/mol. The fourth-order valence-corrected chi connectivity index (χ4v) is 6.96. The van der Waals surface area contributed by atoms with Gasteiger partial charge in [0.05, 0.1) is 22.5 Å². The minimum Gasteiger partial charge on any atom is -0.481 e. The molecule has 2 aliphatic heterocycles. The zero-order chi connectivity index (χ0) is 27.5. The second-order valence-corrected chi connectivity index (χ2v) is 12.0. The molecule has 0 saturated heterocycles.